The van der Waals surface area contributed by atoms with E-state index >= 15 is 0 Å². The molecule has 0 aromatic carbocycles. The first-order valence-electron chi connectivity index (χ1n) is 6.67. The van der Waals surface area contributed by atoms with Crippen molar-refractivity contribution >= 4 is 5.91 Å². The van der Waals surface area contributed by atoms with Crippen LogP contribution in [0.25, 0.3) is 0 Å². The molecule has 2 fully saturated rings. The molecule has 3 N–H and O–H groups in total. The number of hydrogen-bond donors (Lipinski definition) is 2. The highest BCUT2D eigenvalue weighted by Crippen LogP contribution is 2.47. The number of nitrogens with one attached hydrogen (secondary N) is 1. The van der Waals surface area contributed by atoms with Gasteiger partial charge < -0.3 is 11.1 Å². The molecule has 2 aliphatic carbocycles. The van der Waals surface area contributed by atoms with Crippen LogP contribution in [0.1, 0.15) is 51.9 Å². The van der Waals surface area contributed by atoms with Crippen molar-refractivity contribution in [2.24, 2.45) is 17.1 Å². The number of amides is 1. The summed E-state index contributed by atoms with van der Waals surface area (Å²) in [6.07, 6.45) is 7.82. The van der Waals surface area contributed by atoms with E-state index in [1.165, 1.54) is 25.7 Å². The minimum atomic E-state index is 0.210. The number of carbonyl (C=O) groups excluding carboxylic acids is 1. The highest BCUT2D eigenvalue weighted by Gasteiger charge is 2.40. The zero-order chi connectivity index (χ0) is 11.6. The summed E-state index contributed by atoms with van der Waals surface area (Å²) in [7, 11) is 0. The normalized spacial score (nSPS) is 31.4. The lowest BCUT2D eigenvalue weighted by Gasteiger charge is -2.17. The summed E-state index contributed by atoms with van der Waals surface area (Å²) in [4.78, 5) is 11.8. The number of carbonyl (C=O) groups is 1. The Kier molecular flexibility index (Phi) is 3.53. The lowest BCUT2D eigenvalue weighted by Crippen LogP contribution is -2.34. The number of nitrogens with two attached hydrogens (primary N) is 1. The minimum Gasteiger partial charge on any atom is -0.356 e. The monoisotopic (exact) mass is 224 g/mol. The van der Waals surface area contributed by atoms with Crippen molar-refractivity contribution in [1.29, 1.82) is 0 Å². The van der Waals surface area contributed by atoms with E-state index in [0.717, 1.165) is 19.4 Å². The smallest absolute Gasteiger partial charge is 0.220 e. The summed E-state index contributed by atoms with van der Waals surface area (Å²) in [6, 6.07) is 0.256. The van der Waals surface area contributed by atoms with E-state index in [1.54, 1.807) is 0 Å². The first kappa shape index (κ1) is 11.9. The second-order valence-electron chi connectivity index (χ2n) is 5.69. The molecule has 0 aliphatic heterocycles. The van der Waals surface area contributed by atoms with Gasteiger partial charge in [-0.05, 0) is 43.4 Å². The van der Waals surface area contributed by atoms with Crippen molar-refractivity contribution in [3.63, 3.8) is 0 Å². The van der Waals surface area contributed by atoms with Gasteiger partial charge in [0.1, 0.15) is 0 Å². The predicted molar refractivity (Wildman–Crippen MR) is 64.9 cm³/mol. The highest BCUT2D eigenvalue weighted by atomic mass is 16.1. The summed E-state index contributed by atoms with van der Waals surface area (Å²) in [6.45, 7) is 3.09. The summed E-state index contributed by atoms with van der Waals surface area (Å²) in [5.41, 5.74) is 6.42. The molecule has 2 rings (SSSR count). The molecule has 0 heterocycles. The Morgan fingerprint density at radius 2 is 2.19 bits per heavy atom. The van der Waals surface area contributed by atoms with Crippen molar-refractivity contribution in [3.8, 4) is 0 Å². The molecule has 0 radical (unpaired) electrons. The second-order valence-corrected chi connectivity index (χ2v) is 5.69. The van der Waals surface area contributed by atoms with Gasteiger partial charge in [0, 0.05) is 19.0 Å². The Morgan fingerprint density at radius 1 is 1.44 bits per heavy atom. The van der Waals surface area contributed by atoms with Crippen LogP contribution in [0.5, 0.6) is 0 Å². The summed E-state index contributed by atoms with van der Waals surface area (Å²) in [5, 5.41) is 3.09. The predicted octanol–water partition coefficient (Wildman–Crippen LogP) is 1.81. The van der Waals surface area contributed by atoms with E-state index in [1.807, 2.05) is 0 Å². The third kappa shape index (κ3) is 2.76. The van der Waals surface area contributed by atoms with Gasteiger partial charge in [-0.3, -0.25) is 4.79 Å². The highest BCUT2D eigenvalue weighted by molar-refractivity contribution is 5.76. The van der Waals surface area contributed by atoms with Gasteiger partial charge in [0.25, 0.3) is 0 Å². The molecule has 0 aromatic rings. The van der Waals surface area contributed by atoms with Crippen molar-refractivity contribution < 1.29 is 4.79 Å². The lowest BCUT2D eigenvalue weighted by molar-refractivity contribution is -0.122. The molecule has 2 saturated carbocycles. The Balaban J connectivity index is 1.68. The van der Waals surface area contributed by atoms with Gasteiger partial charge >= 0.3 is 0 Å². The number of hydrogen-bond acceptors (Lipinski definition) is 2. The van der Waals surface area contributed by atoms with Gasteiger partial charge in [0.15, 0.2) is 0 Å². The molecule has 0 saturated heterocycles. The molecular weight excluding hydrogens is 200 g/mol. The zero-order valence-electron chi connectivity index (χ0n) is 10.3. The van der Waals surface area contributed by atoms with Crippen molar-refractivity contribution in [3.05, 3.63) is 0 Å². The largest absolute Gasteiger partial charge is 0.356 e. The molecule has 0 unspecified atom stereocenters. The van der Waals surface area contributed by atoms with Gasteiger partial charge in [-0.25, -0.2) is 0 Å². The van der Waals surface area contributed by atoms with Crippen molar-refractivity contribution in [1.82, 2.24) is 5.32 Å². The molecule has 3 nitrogen and oxygen atoms in total. The van der Waals surface area contributed by atoms with Crippen LogP contribution >= 0.6 is 0 Å². The SMILES string of the molecule is CCC1(CNC(=O)C[C@@H]2CCC[C@H]2N)CC1. The zero-order valence-corrected chi connectivity index (χ0v) is 10.3. The molecule has 0 aromatic heterocycles. The van der Waals surface area contributed by atoms with Crippen molar-refractivity contribution in [2.75, 3.05) is 6.54 Å². The lowest BCUT2D eigenvalue weighted by atomic mass is 9.99. The summed E-state index contributed by atoms with van der Waals surface area (Å²) < 4.78 is 0. The second kappa shape index (κ2) is 4.74. The maximum absolute atomic E-state index is 11.8. The van der Waals surface area contributed by atoms with Crippen LogP contribution in [-0.2, 0) is 4.79 Å². The first-order chi connectivity index (χ1) is 7.65. The Hall–Kier alpha value is -0.570. The van der Waals surface area contributed by atoms with Crippen LogP contribution in [0.3, 0.4) is 0 Å². The van der Waals surface area contributed by atoms with Crippen LogP contribution in [-0.4, -0.2) is 18.5 Å². The molecule has 0 spiro atoms. The molecule has 0 bridgehead atoms. The summed E-state index contributed by atoms with van der Waals surface area (Å²) in [5.74, 6) is 0.638. The average Bonchev–Trinajstić information content (AvgIpc) is 2.96. The number of rotatable bonds is 5. The molecule has 1 amide bonds. The molecular formula is C13H24N2O. The maximum atomic E-state index is 11.8. The van der Waals surface area contributed by atoms with E-state index < -0.39 is 0 Å². The van der Waals surface area contributed by atoms with Crippen LogP contribution in [0.4, 0.5) is 0 Å². The molecule has 3 heteroatoms. The van der Waals surface area contributed by atoms with Crippen LogP contribution in [0, 0.1) is 11.3 Å². The first-order valence-corrected chi connectivity index (χ1v) is 6.67. The molecule has 2 atom stereocenters. The fourth-order valence-electron chi connectivity index (χ4n) is 2.75. The average molecular weight is 224 g/mol. The molecule has 2 aliphatic rings. The standard InChI is InChI=1S/C13H24N2O/c1-2-13(6-7-13)9-15-12(16)8-10-4-3-5-11(10)14/h10-11H,2-9,14H2,1H3,(H,15,16)/t10-,11+/m0/s1. The Bertz CT molecular complexity index is 261. The van der Waals surface area contributed by atoms with Crippen LogP contribution < -0.4 is 11.1 Å². The molecule has 16 heavy (non-hydrogen) atoms. The minimum absolute atomic E-state index is 0.210. The maximum Gasteiger partial charge on any atom is 0.220 e. The van der Waals surface area contributed by atoms with E-state index in [4.69, 9.17) is 5.73 Å². The van der Waals surface area contributed by atoms with Gasteiger partial charge in [0.05, 0.1) is 0 Å². The van der Waals surface area contributed by atoms with Gasteiger partial charge in [-0.15, -0.1) is 0 Å². The third-order valence-electron chi connectivity index (χ3n) is 4.53. The van der Waals surface area contributed by atoms with Crippen molar-refractivity contribution in [2.45, 2.75) is 57.9 Å². The Labute approximate surface area is 98.2 Å². The topological polar surface area (TPSA) is 55.1 Å². The Morgan fingerprint density at radius 3 is 2.69 bits per heavy atom. The van der Waals surface area contributed by atoms with E-state index in [9.17, 15) is 4.79 Å². The van der Waals surface area contributed by atoms with Crippen LogP contribution in [0.15, 0.2) is 0 Å². The summed E-state index contributed by atoms with van der Waals surface area (Å²) >= 11 is 0. The third-order valence-corrected chi connectivity index (χ3v) is 4.53. The van der Waals surface area contributed by atoms with E-state index in [0.29, 0.717) is 17.8 Å². The van der Waals surface area contributed by atoms with Gasteiger partial charge in [-0.2, -0.15) is 0 Å². The van der Waals surface area contributed by atoms with E-state index in [-0.39, 0.29) is 11.9 Å². The quantitative estimate of drug-likeness (QED) is 0.748. The van der Waals surface area contributed by atoms with Crippen LogP contribution in [0.2, 0.25) is 0 Å². The fourth-order valence-corrected chi connectivity index (χ4v) is 2.75. The van der Waals surface area contributed by atoms with E-state index in [2.05, 4.69) is 12.2 Å². The van der Waals surface area contributed by atoms with Gasteiger partial charge in [-0.1, -0.05) is 13.3 Å². The van der Waals surface area contributed by atoms with Gasteiger partial charge in [0.2, 0.25) is 5.91 Å². The fraction of sp³-hybridized carbons (Fsp3) is 0.923. The molecule has 92 valence electrons.